The van der Waals surface area contributed by atoms with Gasteiger partial charge in [-0.3, -0.25) is 9.78 Å². The lowest BCUT2D eigenvalue weighted by molar-refractivity contribution is -0.144. The average molecular weight is 440 g/mol. The molecule has 1 aromatic carbocycles. The van der Waals surface area contributed by atoms with Gasteiger partial charge in [0.2, 0.25) is 0 Å². The van der Waals surface area contributed by atoms with E-state index in [-0.39, 0.29) is 11.2 Å². The summed E-state index contributed by atoms with van der Waals surface area (Å²) >= 11 is 0. The second kappa shape index (κ2) is 10.1. The molecule has 172 valence electrons. The third kappa shape index (κ3) is 6.36. The molecule has 3 fully saturated rings. The van der Waals surface area contributed by atoms with Crippen molar-refractivity contribution in [3.63, 3.8) is 0 Å². The van der Waals surface area contributed by atoms with Gasteiger partial charge in [-0.2, -0.15) is 0 Å². The summed E-state index contributed by atoms with van der Waals surface area (Å²) in [5.41, 5.74) is 0.593. The smallest absolute Gasteiger partial charge is 0.310 e. The molecule has 5 nitrogen and oxygen atoms in total. The molecule has 2 aromatic rings. The summed E-state index contributed by atoms with van der Waals surface area (Å²) in [5.74, 6) is -0.933. The van der Waals surface area contributed by atoms with E-state index in [0.717, 1.165) is 57.4 Å². The zero-order valence-electron chi connectivity index (χ0n) is 18.7. The van der Waals surface area contributed by atoms with Crippen molar-refractivity contribution in [1.82, 2.24) is 15.2 Å². The molecule has 0 spiro atoms. The van der Waals surface area contributed by atoms with Crippen LogP contribution in [0.15, 0.2) is 54.7 Å². The molecule has 0 radical (unpaired) electrons. The van der Waals surface area contributed by atoms with Crippen LogP contribution in [0.25, 0.3) is 0 Å². The monoisotopic (exact) mass is 439 g/mol. The van der Waals surface area contributed by atoms with Gasteiger partial charge < -0.3 is 15.3 Å². The van der Waals surface area contributed by atoms with Crippen LogP contribution in [0.5, 0.6) is 0 Å². The van der Waals surface area contributed by atoms with Gasteiger partial charge in [0.1, 0.15) is 5.82 Å². The summed E-state index contributed by atoms with van der Waals surface area (Å²) in [7, 11) is 0. The lowest BCUT2D eigenvalue weighted by Gasteiger charge is -2.43. The van der Waals surface area contributed by atoms with Crippen molar-refractivity contribution in [3.8, 4) is 0 Å². The summed E-state index contributed by atoms with van der Waals surface area (Å²) in [6, 6.07) is 15.9. The molecule has 2 N–H and O–H groups in total. The summed E-state index contributed by atoms with van der Waals surface area (Å²) in [6.07, 6.45) is 8.36. The summed E-state index contributed by atoms with van der Waals surface area (Å²) in [5, 5.41) is 13.1. The number of likely N-dealkylation sites (tertiary alicyclic amines) is 1. The van der Waals surface area contributed by atoms with Crippen LogP contribution in [0.4, 0.5) is 4.39 Å². The topological polar surface area (TPSA) is 65.5 Å². The van der Waals surface area contributed by atoms with Crippen LogP contribution < -0.4 is 5.32 Å². The number of carbonyl (C=O) groups is 1. The first kappa shape index (κ1) is 22.9. The Morgan fingerprint density at radius 2 is 1.69 bits per heavy atom. The number of carboxylic acid groups (broad SMARTS) is 1. The normalized spacial score (nSPS) is 21.3. The Labute approximate surface area is 190 Å². The summed E-state index contributed by atoms with van der Waals surface area (Å²) in [4.78, 5) is 18.1. The van der Waals surface area contributed by atoms with Gasteiger partial charge in [-0.25, -0.2) is 4.39 Å². The Kier molecular flexibility index (Phi) is 7.21. The van der Waals surface area contributed by atoms with Crippen molar-refractivity contribution in [2.45, 2.75) is 51.0 Å². The molecule has 3 aliphatic rings. The molecule has 6 heteroatoms. The quantitative estimate of drug-likeness (QED) is 0.647. The van der Waals surface area contributed by atoms with E-state index in [4.69, 9.17) is 0 Å². The maximum Gasteiger partial charge on any atom is 0.310 e. The van der Waals surface area contributed by atoms with Gasteiger partial charge in [0, 0.05) is 24.8 Å². The highest BCUT2D eigenvalue weighted by atomic mass is 19.1. The van der Waals surface area contributed by atoms with E-state index in [1.807, 2.05) is 36.4 Å². The molecule has 0 amide bonds. The zero-order valence-corrected chi connectivity index (χ0v) is 18.7. The number of pyridine rings is 1. The highest BCUT2D eigenvalue weighted by Crippen LogP contribution is 2.47. The van der Waals surface area contributed by atoms with Crippen molar-refractivity contribution in [3.05, 3.63) is 66.2 Å². The summed E-state index contributed by atoms with van der Waals surface area (Å²) in [6.45, 7) is 3.52. The van der Waals surface area contributed by atoms with Crippen molar-refractivity contribution < 1.29 is 14.3 Å². The minimum absolute atomic E-state index is 0.129. The first-order chi connectivity index (χ1) is 15.5. The fourth-order valence-electron chi connectivity index (χ4n) is 4.55. The molecule has 1 aromatic heterocycles. The highest BCUT2D eigenvalue weighted by Gasteiger charge is 2.51. The molecule has 1 saturated heterocycles. The van der Waals surface area contributed by atoms with E-state index in [0.29, 0.717) is 12.6 Å². The Bertz CT molecular complexity index is 832. The first-order valence-corrected chi connectivity index (χ1v) is 11.8. The molecule has 2 aliphatic carbocycles. The summed E-state index contributed by atoms with van der Waals surface area (Å²) < 4.78 is 13.2. The minimum Gasteiger partial charge on any atom is -0.481 e. The molecule has 0 unspecified atom stereocenters. The maximum atomic E-state index is 13.2. The van der Waals surface area contributed by atoms with Crippen LogP contribution in [-0.2, 0) is 11.2 Å². The number of nitrogens with one attached hydrogen (secondary N) is 1. The van der Waals surface area contributed by atoms with Crippen molar-refractivity contribution in [2.24, 2.45) is 10.8 Å². The molecular formula is C26H34FN3O2. The van der Waals surface area contributed by atoms with Gasteiger partial charge >= 0.3 is 5.97 Å². The third-order valence-corrected chi connectivity index (χ3v) is 7.10. The number of carboxylic acids is 1. The number of nitrogens with zero attached hydrogens (tertiary/aromatic N) is 2. The van der Waals surface area contributed by atoms with Crippen LogP contribution in [-0.4, -0.2) is 53.2 Å². The number of piperidine rings is 1. The maximum absolute atomic E-state index is 13.2. The zero-order chi connectivity index (χ0) is 22.4. The number of rotatable bonds is 8. The Morgan fingerprint density at radius 3 is 2.16 bits per heavy atom. The Balaban J connectivity index is 0.000000354. The van der Waals surface area contributed by atoms with Gasteiger partial charge in [0.25, 0.3) is 0 Å². The number of hydrogen-bond donors (Lipinski definition) is 2. The van der Waals surface area contributed by atoms with E-state index in [9.17, 15) is 14.3 Å². The number of aliphatic carboxylic acids is 1. The molecule has 32 heavy (non-hydrogen) atoms. The number of benzene rings is 1. The van der Waals surface area contributed by atoms with Crippen LogP contribution in [0.2, 0.25) is 0 Å². The Hall–Kier alpha value is -2.31. The van der Waals surface area contributed by atoms with Gasteiger partial charge in [-0.05, 0) is 75.6 Å². The van der Waals surface area contributed by atoms with E-state index in [2.05, 4.69) is 15.2 Å². The fraction of sp³-hybridized carbons (Fsp3) is 0.538. The Morgan fingerprint density at radius 1 is 1.06 bits per heavy atom. The average Bonchev–Trinajstić information content (AvgIpc) is 3.74. The molecule has 0 bridgehead atoms. The van der Waals surface area contributed by atoms with Crippen LogP contribution in [0.3, 0.4) is 0 Å². The predicted molar refractivity (Wildman–Crippen MR) is 123 cm³/mol. The van der Waals surface area contributed by atoms with Crippen LogP contribution >= 0.6 is 0 Å². The van der Waals surface area contributed by atoms with Gasteiger partial charge in [-0.15, -0.1) is 0 Å². The second-order valence-electron chi connectivity index (χ2n) is 9.82. The van der Waals surface area contributed by atoms with Gasteiger partial charge in [0.05, 0.1) is 11.6 Å². The molecule has 0 atom stereocenters. The number of aromatic nitrogens is 1. The standard InChI is InChI=1S/C20H28FN3O2.C6H6/c21-15-1-2-17(22-12-15)11-19(13-23-16-3-4-16)7-9-24(10-8-19)14-20(5-6-20)18(25)26;1-2-4-6-5-3-1/h1-2,12,16,23H,3-11,13-14H2,(H,25,26);1-6H. The van der Waals surface area contributed by atoms with E-state index in [1.165, 1.54) is 25.1 Å². The van der Waals surface area contributed by atoms with Crippen molar-refractivity contribution in [1.29, 1.82) is 0 Å². The first-order valence-electron chi connectivity index (χ1n) is 11.8. The van der Waals surface area contributed by atoms with E-state index in [1.54, 1.807) is 6.07 Å². The van der Waals surface area contributed by atoms with Gasteiger partial charge in [0.15, 0.2) is 0 Å². The predicted octanol–water partition coefficient (Wildman–Crippen LogP) is 4.15. The SMILES string of the molecule is O=C(O)C1(CN2CCC(CNC3CC3)(Cc3ccc(F)cn3)CC2)CC1.c1ccccc1. The van der Waals surface area contributed by atoms with Gasteiger partial charge in [-0.1, -0.05) is 36.4 Å². The minimum atomic E-state index is -0.639. The van der Waals surface area contributed by atoms with E-state index >= 15 is 0 Å². The second-order valence-corrected chi connectivity index (χ2v) is 9.82. The lowest BCUT2D eigenvalue weighted by atomic mass is 9.74. The number of halogens is 1. The molecular weight excluding hydrogens is 405 g/mol. The molecule has 2 heterocycles. The van der Waals surface area contributed by atoms with Crippen molar-refractivity contribution >= 4 is 5.97 Å². The lowest BCUT2D eigenvalue weighted by Crippen LogP contribution is -2.48. The van der Waals surface area contributed by atoms with Crippen LogP contribution in [0, 0.1) is 16.6 Å². The van der Waals surface area contributed by atoms with E-state index < -0.39 is 11.4 Å². The van der Waals surface area contributed by atoms with Crippen molar-refractivity contribution in [2.75, 3.05) is 26.2 Å². The highest BCUT2D eigenvalue weighted by molar-refractivity contribution is 5.78. The molecule has 1 aliphatic heterocycles. The molecule has 5 rings (SSSR count). The number of hydrogen-bond acceptors (Lipinski definition) is 4. The largest absolute Gasteiger partial charge is 0.481 e. The van der Waals surface area contributed by atoms with Crippen LogP contribution in [0.1, 0.15) is 44.2 Å². The molecule has 2 saturated carbocycles. The fourth-order valence-corrected chi connectivity index (χ4v) is 4.55. The third-order valence-electron chi connectivity index (χ3n) is 7.10.